The fraction of sp³-hybridized carbons (Fsp3) is 0.174. The smallest absolute Gasteiger partial charge is 0.295 e. The number of nitrogens with zero attached hydrogens (tertiary/aromatic N) is 4. The first-order chi connectivity index (χ1) is 15.1. The zero-order valence-corrected chi connectivity index (χ0v) is 18.8. The molecule has 2 heterocycles. The summed E-state index contributed by atoms with van der Waals surface area (Å²) in [5, 5.41) is 1.12. The van der Waals surface area contributed by atoms with Crippen molar-refractivity contribution in [1.29, 1.82) is 0 Å². The fourth-order valence-corrected chi connectivity index (χ4v) is 4.90. The van der Waals surface area contributed by atoms with Gasteiger partial charge in [-0.1, -0.05) is 12.1 Å². The van der Waals surface area contributed by atoms with Crippen molar-refractivity contribution >= 4 is 54.7 Å². The number of imidazole rings is 1. The number of aryl methyl sites for hydroxylation is 2. The third kappa shape index (κ3) is 2.81. The van der Waals surface area contributed by atoms with Crippen LogP contribution in [0.4, 0.5) is 11.4 Å². The molecule has 1 aliphatic rings. The van der Waals surface area contributed by atoms with Crippen LogP contribution in [0, 0.1) is 0 Å². The van der Waals surface area contributed by atoms with Crippen molar-refractivity contribution in [1.82, 2.24) is 9.13 Å². The highest BCUT2D eigenvalue weighted by Gasteiger charge is 2.34. The molecule has 0 fully saturated rings. The quantitative estimate of drug-likeness (QED) is 0.440. The third-order valence-corrected chi connectivity index (χ3v) is 6.35. The molecule has 0 saturated heterocycles. The summed E-state index contributed by atoms with van der Waals surface area (Å²) in [6.07, 6.45) is 3.07. The first-order valence-electron chi connectivity index (χ1n) is 9.85. The lowest BCUT2D eigenvalue weighted by Crippen LogP contribution is -2.40. The van der Waals surface area contributed by atoms with Gasteiger partial charge in [-0.05, 0) is 36.4 Å². The van der Waals surface area contributed by atoms with Crippen LogP contribution in [0.2, 0.25) is 0 Å². The minimum Gasteiger partial charge on any atom is -0.295 e. The molecule has 0 N–H and O–H groups in total. The number of hydrogen-bond donors (Lipinski definition) is 0. The zero-order chi connectivity index (χ0) is 22.9. The third-order valence-electron chi connectivity index (χ3n) is 5.72. The molecule has 5 rings (SSSR count). The molecule has 3 aromatic carbocycles. The second-order valence-electron chi connectivity index (χ2n) is 8.15. The Labute approximate surface area is 183 Å². The highest BCUT2D eigenvalue weighted by atomic mass is 32.2. The maximum absolute atomic E-state index is 13.4. The summed E-state index contributed by atoms with van der Waals surface area (Å²) < 4.78 is 19.5. The van der Waals surface area contributed by atoms with Gasteiger partial charge >= 0.3 is 5.69 Å². The van der Waals surface area contributed by atoms with Gasteiger partial charge < -0.3 is 0 Å². The average Bonchev–Trinajstić information content (AvgIpc) is 2.96. The van der Waals surface area contributed by atoms with Gasteiger partial charge in [0.05, 0.1) is 22.4 Å². The summed E-state index contributed by atoms with van der Waals surface area (Å²) in [5.41, 5.74) is 2.74. The van der Waals surface area contributed by atoms with Gasteiger partial charge in [-0.2, -0.15) is 4.36 Å². The molecule has 32 heavy (non-hydrogen) atoms. The molecule has 8 nitrogen and oxygen atoms in total. The molecule has 4 aromatic rings. The van der Waals surface area contributed by atoms with Gasteiger partial charge in [0.25, 0.3) is 11.8 Å². The van der Waals surface area contributed by atoms with E-state index in [2.05, 4.69) is 4.36 Å². The van der Waals surface area contributed by atoms with Crippen LogP contribution in [-0.4, -0.2) is 37.7 Å². The van der Waals surface area contributed by atoms with Crippen LogP contribution in [0.15, 0.2) is 57.7 Å². The maximum Gasteiger partial charge on any atom is 0.328 e. The second-order valence-corrected chi connectivity index (χ2v) is 10.7. The number of benzene rings is 3. The lowest BCUT2D eigenvalue weighted by atomic mass is 9.93. The fourth-order valence-electron chi connectivity index (χ4n) is 4.27. The van der Waals surface area contributed by atoms with E-state index in [0.29, 0.717) is 44.3 Å². The SMILES string of the molecule is Cn1c(=O)n(C)c2cc(N3C(=O)c4cccc5c(N=S(C)(C)=O)ccc(c45)C3=O)ccc21. The van der Waals surface area contributed by atoms with E-state index >= 15 is 0 Å². The highest BCUT2D eigenvalue weighted by molar-refractivity contribution is 7.92. The van der Waals surface area contributed by atoms with Gasteiger partial charge in [0.1, 0.15) is 0 Å². The van der Waals surface area contributed by atoms with Crippen LogP contribution in [0.3, 0.4) is 0 Å². The Morgan fingerprint density at radius 3 is 2.16 bits per heavy atom. The summed E-state index contributed by atoms with van der Waals surface area (Å²) in [4.78, 5) is 40.3. The Morgan fingerprint density at radius 1 is 0.812 bits per heavy atom. The molecule has 2 amide bonds. The van der Waals surface area contributed by atoms with Gasteiger partial charge in [-0.3, -0.25) is 18.7 Å². The maximum atomic E-state index is 13.4. The molecule has 162 valence electrons. The molecule has 0 saturated carbocycles. The number of amides is 2. The summed E-state index contributed by atoms with van der Waals surface area (Å²) in [6.45, 7) is 0. The largest absolute Gasteiger partial charge is 0.328 e. The molecule has 0 spiro atoms. The number of carbonyl (C=O) groups is 2. The van der Waals surface area contributed by atoms with Crippen molar-refractivity contribution in [3.63, 3.8) is 0 Å². The Balaban J connectivity index is 1.74. The van der Waals surface area contributed by atoms with Crippen LogP contribution in [0.1, 0.15) is 20.7 Å². The number of carbonyl (C=O) groups excluding carboxylic acids is 2. The average molecular weight is 449 g/mol. The van der Waals surface area contributed by atoms with Crippen molar-refractivity contribution in [3.05, 3.63) is 70.1 Å². The normalized spacial score (nSPS) is 13.9. The minimum absolute atomic E-state index is 0.191. The van der Waals surface area contributed by atoms with Gasteiger partial charge in [-0.15, -0.1) is 0 Å². The van der Waals surface area contributed by atoms with Crippen LogP contribution < -0.4 is 10.6 Å². The number of imide groups is 1. The molecule has 9 heteroatoms. The summed E-state index contributed by atoms with van der Waals surface area (Å²) in [6, 6.07) is 13.5. The zero-order valence-electron chi connectivity index (χ0n) is 17.9. The highest BCUT2D eigenvalue weighted by Crippen LogP contribution is 2.38. The standard InChI is InChI=1S/C23H20N4O4S/c1-25-18-11-8-13(12-19(18)26(2)23(25)30)27-21(28)15-7-5-6-14-17(24-32(3,4)31)10-9-16(20(14)15)22(27)29/h5-12H,1-4H3. The Bertz CT molecular complexity index is 1660. The molecule has 0 atom stereocenters. The summed E-state index contributed by atoms with van der Waals surface area (Å²) in [5.74, 6) is -0.918. The van der Waals surface area contributed by atoms with Crippen LogP contribution in [0.5, 0.6) is 0 Å². The van der Waals surface area contributed by atoms with Crippen LogP contribution >= 0.6 is 0 Å². The molecule has 0 unspecified atom stereocenters. The predicted octanol–water partition coefficient (Wildman–Crippen LogP) is 3.19. The Kier molecular flexibility index (Phi) is 4.19. The van der Waals surface area contributed by atoms with E-state index in [0.717, 1.165) is 4.90 Å². The van der Waals surface area contributed by atoms with Crippen molar-refractivity contribution in [2.24, 2.45) is 18.5 Å². The van der Waals surface area contributed by atoms with Gasteiger partial charge in [0.2, 0.25) is 0 Å². The van der Waals surface area contributed by atoms with E-state index < -0.39 is 21.5 Å². The Hall–Kier alpha value is -3.72. The summed E-state index contributed by atoms with van der Waals surface area (Å²) in [7, 11) is 0.895. The molecule has 1 aliphatic heterocycles. The van der Waals surface area contributed by atoms with Crippen LogP contribution in [0.25, 0.3) is 21.8 Å². The van der Waals surface area contributed by atoms with E-state index in [-0.39, 0.29) is 5.69 Å². The number of anilines is 1. The van der Waals surface area contributed by atoms with Crippen molar-refractivity contribution in [2.75, 3.05) is 17.4 Å². The predicted molar refractivity (Wildman–Crippen MR) is 125 cm³/mol. The second kappa shape index (κ2) is 6.64. The number of fused-ring (bicyclic) bond motifs is 1. The van der Waals surface area contributed by atoms with E-state index in [1.54, 1.807) is 62.6 Å². The van der Waals surface area contributed by atoms with Crippen LogP contribution in [-0.2, 0) is 23.8 Å². The first-order valence-corrected chi connectivity index (χ1v) is 12.2. The molecule has 0 radical (unpaired) electrons. The lowest BCUT2D eigenvalue weighted by Gasteiger charge is -2.27. The number of rotatable bonds is 2. The van der Waals surface area contributed by atoms with E-state index in [1.165, 1.54) is 21.6 Å². The first kappa shape index (κ1) is 20.2. The van der Waals surface area contributed by atoms with E-state index in [4.69, 9.17) is 0 Å². The lowest BCUT2D eigenvalue weighted by molar-refractivity contribution is 0.0893. The van der Waals surface area contributed by atoms with E-state index in [1.807, 2.05) is 0 Å². The van der Waals surface area contributed by atoms with Crippen molar-refractivity contribution < 1.29 is 13.8 Å². The molecular formula is C23H20N4O4S. The van der Waals surface area contributed by atoms with Gasteiger partial charge in [0.15, 0.2) is 0 Å². The monoisotopic (exact) mass is 448 g/mol. The molecule has 0 bridgehead atoms. The van der Waals surface area contributed by atoms with E-state index in [9.17, 15) is 18.6 Å². The molecular weight excluding hydrogens is 428 g/mol. The molecule has 0 aliphatic carbocycles. The summed E-state index contributed by atoms with van der Waals surface area (Å²) >= 11 is 0. The number of hydrogen-bond acceptors (Lipinski definition) is 5. The van der Waals surface area contributed by atoms with Gasteiger partial charge in [0, 0.05) is 58.2 Å². The van der Waals surface area contributed by atoms with Crippen molar-refractivity contribution in [3.8, 4) is 0 Å². The molecule has 1 aromatic heterocycles. The minimum atomic E-state index is -2.43. The Morgan fingerprint density at radius 2 is 1.47 bits per heavy atom. The van der Waals surface area contributed by atoms with Gasteiger partial charge in [-0.25, -0.2) is 13.9 Å². The topological polar surface area (TPSA) is 93.7 Å². The number of aromatic nitrogens is 2. The van der Waals surface area contributed by atoms with Crippen molar-refractivity contribution in [2.45, 2.75) is 0 Å².